The van der Waals surface area contributed by atoms with Crippen LogP contribution in [0.15, 0.2) is 0 Å². The highest BCUT2D eigenvalue weighted by atomic mass is 16.5. The second-order valence-corrected chi connectivity index (χ2v) is 4.88. The standard InChI is InChI=1S/C11H21NO3/c1-11(2,10(13)14)8-12-5-3-9-4-6-15-7-9/h9,12H,3-8H2,1-2H3,(H,13,14). The van der Waals surface area contributed by atoms with Gasteiger partial charge in [0.15, 0.2) is 0 Å². The molecule has 0 amide bonds. The normalized spacial score (nSPS) is 21.9. The SMILES string of the molecule is CC(C)(CNCCC1CCOC1)C(=O)O. The highest BCUT2D eigenvalue weighted by Gasteiger charge is 2.26. The summed E-state index contributed by atoms with van der Waals surface area (Å²) in [5.41, 5.74) is -0.674. The Morgan fingerprint density at radius 3 is 2.87 bits per heavy atom. The summed E-state index contributed by atoms with van der Waals surface area (Å²) in [7, 11) is 0. The zero-order chi connectivity index (χ0) is 11.3. The van der Waals surface area contributed by atoms with Gasteiger partial charge in [-0.05, 0) is 39.2 Å². The molecule has 15 heavy (non-hydrogen) atoms. The van der Waals surface area contributed by atoms with Crippen molar-refractivity contribution >= 4 is 5.97 Å². The molecule has 0 aromatic rings. The molecule has 1 aliphatic heterocycles. The topological polar surface area (TPSA) is 58.6 Å². The lowest BCUT2D eigenvalue weighted by molar-refractivity contribution is -0.146. The summed E-state index contributed by atoms with van der Waals surface area (Å²) >= 11 is 0. The van der Waals surface area contributed by atoms with Crippen molar-refractivity contribution in [3.05, 3.63) is 0 Å². The molecule has 1 rings (SSSR count). The molecule has 0 spiro atoms. The van der Waals surface area contributed by atoms with E-state index in [0.717, 1.165) is 32.6 Å². The van der Waals surface area contributed by atoms with Gasteiger partial charge in [0, 0.05) is 19.8 Å². The fourth-order valence-electron chi connectivity index (χ4n) is 1.59. The number of carboxylic acids is 1. The van der Waals surface area contributed by atoms with E-state index in [1.807, 2.05) is 0 Å². The molecule has 2 N–H and O–H groups in total. The van der Waals surface area contributed by atoms with Crippen LogP contribution in [0.3, 0.4) is 0 Å². The summed E-state index contributed by atoms with van der Waals surface area (Å²) in [6.45, 7) is 6.62. The van der Waals surface area contributed by atoms with Crippen LogP contribution in [0.4, 0.5) is 0 Å². The Morgan fingerprint density at radius 1 is 1.60 bits per heavy atom. The predicted molar refractivity (Wildman–Crippen MR) is 57.8 cm³/mol. The average molecular weight is 215 g/mol. The Hall–Kier alpha value is -0.610. The number of carbonyl (C=O) groups is 1. The molecule has 1 unspecified atom stereocenters. The first-order chi connectivity index (χ1) is 7.02. The van der Waals surface area contributed by atoms with E-state index in [4.69, 9.17) is 9.84 Å². The fraction of sp³-hybridized carbons (Fsp3) is 0.909. The second kappa shape index (κ2) is 5.47. The summed E-state index contributed by atoms with van der Waals surface area (Å²) in [6, 6.07) is 0. The molecule has 1 aliphatic rings. The third kappa shape index (κ3) is 4.18. The molecule has 0 aromatic heterocycles. The zero-order valence-electron chi connectivity index (χ0n) is 9.58. The third-order valence-electron chi connectivity index (χ3n) is 2.90. The van der Waals surface area contributed by atoms with Gasteiger partial charge < -0.3 is 15.2 Å². The van der Waals surface area contributed by atoms with Gasteiger partial charge in [0.05, 0.1) is 5.41 Å². The second-order valence-electron chi connectivity index (χ2n) is 4.88. The first-order valence-corrected chi connectivity index (χ1v) is 5.54. The quantitative estimate of drug-likeness (QED) is 0.652. The van der Waals surface area contributed by atoms with Crippen LogP contribution < -0.4 is 5.32 Å². The Balaban J connectivity index is 2.08. The molecule has 0 saturated carbocycles. The lowest BCUT2D eigenvalue weighted by Gasteiger charge is -2.20. The summed E-state index contributed by atoms with van der Waals surface area (Å²) in [4.78, 5) is 10.8. The minimum atomic E-state index is -0.751. The number of rotatable bonds is 6. The Kier molecular flexibility index (Phi) is 4.54. The summed E-state index contributed by atoms with van der Waals surface area (Å²) < 4.78 is 5.27. The van der Waals surface area contributed by atoms with Gasteiger partial charge >= 0.3 is 5.97 Å². The van der Waals surface area contributed by atoms with E-state index in [1.165, 1.54) is 0 Å². The number of ether oxygens (including phenoxy) is 1. The first kappa shape index (κ1) is 12.5. The van der Waals surface area contributed by atoms with Gasteiger partial charge in [0.25, 0.3) is 0 Å². The molecule has 0 bridgehead atoms. The average Bonchev–Trinajstić information content (AvgIpc) is 2.64. The van der Waals surface area contributed by atoms with Crippen LogP contribution in [-0.2, 0) is 9.53 Å². The predicted octanol–water partition coefficient (Wildman–Crippen LogP) is 1.11. The van der Waals surface area contributed by atoms with Crippen LogP contribution >= 0.6 is 0 Å². The van der Waals surface area contributed by atoms with Gasteiger partial charge in [-0.2, -0.15) is 0 Å². The monoisotopic (exact) mass is 215 g/mol. The van der Waals surface area contributed by atoms with Crippen LogP contribution in [0.25, 0.3) is 0 Å². The van der Waals surface area contributed by atoms with Crippen LogP contribution in [0.2, 0.25) is 0 Å². The van der Waals surface area contributed by atoms with E-state index in [0.29, 0.717) is 12.5 Å². The first-order valence-electron chi connectivity index (χ1n) is 5.54. The van der Waals surface area contributed by atoms with E-state index >= 15 is 0 Å². The van der Waals surface area contributed by atoms with Crippen LogP contribution in [0, 0.1) is 11.3 Å². The van der Waals surface area contributed by atoms with Crippen molar-refractivity contribution in [1.82, 2.24) is 5.32 Å². The number of aliphatic carboxylic acids is 1. The number of carboxylic acid groups (broad SMARTS) is 1. The van der Waals surface area contributed by atoms with Gasteiger partial charge in [-0.3, -0.25) is 4.79 Å². The van der Waals surface area contributed by atoms with Crippen molar-refractivity contribution in [3.63, 3.8) is 0 Å². The molecule has 1 atom stereocenters. The number of hydrogen-bond donors (Lipinski definition) is 2. The van der Waals surface area contributed by atoms with Crippen molar-refractivity contribution < 1.29 is 14.6 Å². The van der Waals surface area contributed by atoms with Crippen molar-refractivity contribution in [2.24, 2.45) is 11.3 Å². The third-order valence-corrected chi connectivity index (χ3v) is 2.90. The van der Waals surface area contributed by atoms with Gasteiger partial charge in [-0.15, -0.1) is 0 Å². The van der Waals surface area contributed by atoms with E-state index in [2.05, 4.69) is 5.32 Å². The molecule has 88 valence electrons. The van der Waals surface area contributed by atoms with Crippen LogP contribution in [0.1, 0.15) is 26.7 Å². The summed E-state index contributed by atoms with van der Waals surface area (Å²) in [5, 5.41) is 12.1. The molecule has 1 heterocycles. The van der Waals surface area contributed by atoms with Crippen molar-refractivity contribution in [1.29, 1.82) is 0 Å². The van der Waals surface area contributed by atoms with Gasteiger partial charge in [0.2, 0.25) is 0 Å². The molecule has 4 nitrogen and oxygen atoms in total. The van der Waals surface area contributed by atoms with Crippen molar-refractivity contribution in [2.75, 3.05) is 26.3 Å². The Labute approximate surface area is 91.0 Å². The van der Waals surface area contributed by atoms with Crippen molar-refractivity contribution in [2.45, 2.75) is 26.7 Å². The molecule has 4 heteroatoms. The smallest absolute Gasteiger partial charge is 0.310 e. The van der Waals surface area contributed by atoms with Crippen molar-refractivity contribution in [3.8, 4) is 0 Å². The fourth-order valence-corrected chi connectivity index (χ4v) is 1.59. The molecule has 1 fully saturated rings. The largest absolute Gasteiger partial charge is 0.481 e. The minimum absolute atomic E-state index is 0.524. The maximum Gasteiger partial charge on any atom is 0.310 e. The van der Waals surface area contributed by atoms with E-state index in [-0.39, 0.29) is 0 Å². The molecule has 1 saturated heterocycles. The summed E-state index contributed by atoms with van der Waals surface area (Å²) in [5.74, 6) is -0.0929. The highest BCUT2D eigenvalue weighted by Crippen LogP contribution is 2.16. The summed E-state index contributed by atoms with van der Waals surface area (Å²) in [6.07, 6.45) is 2.22. The van der Waals surface area contributed by atoms with E-state index < -0.39 is 11.4 Å². The van der Waals surface area contributed by atoms with Crippen LogP contribution in [-0.4, -0.2) is 37.4 Å². The maximum atomic E-state index is 10.8. The highest BCUT2D eigenvalue weighted by molar-refractivity contribution is 5.73. The Bertz CT molecular complexity index is 210. The van der Waals surface area contributed by atoms with E-state index in [9.17, 15) is 4.79 Å². The van der Waals surface area contributed by atoms with Gasteiger partial charge in [0.1, 0.15) is 0 Å². The van der Waals surface area contributed by atoms with E-state index in [1.54, 1.807) is 13.8 Å². The molecule has 0 radical (unpaired) electrons. The van der Waals surface area contributed by atoms with Gasteiger partial charge in [-0.25, -0.2) is 0 Å². The number of nitrogens with one attached hydrogen (secondary N) is 1. The van der Waals surface area contributed by atoms with Gasteiger partial charge in [-0.1, -0.05) is 0 Å². The lowest BCUT2D eigenvalue weighted by Crippen LogP contribution is -2.36. The number of hydrogen-bond acceptors (Lipinski definition) is 3. The Morgan fingerprint density at radius 2 is 2.33 bits per heavy atom. The maximum absolute atomic E-state index is 10.8. The molecule has 0 aliphatic carbocycles. The zero-order valence-corrected chi connectivity index (χ0v) is 9.58. The van der Waals surface area contributed by atoms with Crippen LogP contribution in [0.5, 0.6) is 0 Å². The minimum Gasteiger partial charge on any atom is -0.481 e. The molecular formula is C11H21NO3. The molecule has 0 aromatic carbocycles. The lowest BCUT2D eigenvalue weighted by atomic mass is 9.94. The molecular weight excluding hydrogens is 194 g/mol.